The molecule has 2 saturated carbocycles. The molecule has 0 saturated heterocycles. The van der Waals surface area contributed by atoms with Gasteiger partial charge in [0.25, 0.3) is 0 Å². The maximum Gasteiger partial charge on any atom is 0.237 e. The fraction of sp³-hybridized carbons (Fsp3) is 0.933. The predicted molar refractivity (Wildman–Crippen MR) is 74.4 cm³/mol. The molecule has 2 N–H and O–H groups in total. The fourth-order valence-corrected chi connectivity index (χ4v) is 2.73. The molecule has 1 unspecified atom stereocenters. The lowest BCUT2D eigenvalue weighted by molar-refractivity contribution is -0.122. The highest BCUT2D eigenvalue weighted by atomic mass is 16.2. The Morgan fingerprint density at radius 1 is 1.06 bits per heavy atom. The van der Waals surface area contributed by atoms with Gasteiger partial charge in [-0.25, -0.2) is 0 Å². The van der Waals surface area contributed by atoms with E-state index in [1.807, 2.05) is 6.92 Å². The van der Waals surface area contributed by atoms with Crippen molar-refractivity contribution in [1.29, 1.82) is 0 Å². The van der Waals surface area contributed by atoms with E-state index in [4.69, 9.17) is 0 Å². The maximum absolute atomic E-state index is 11.8. The van der Waals surface area contributed by atoms with E-state index in [2.05, 4.69) is 10.6 Å². The third-order valence-corrected chi connectivity index (χ3v) is 4.25. The van der Waals surface area contributed by atoms with Crippen LogP contribution in [0.5, 0.6) is 0 Å². The second-order valence-electron chi connectivity index (χ2n) is 6.12. The number of amides is 1. The monoisotopic (exact) mass is 252 g/mol. The van der Waals surface area contributed by atoms with Crippen LogP contribution in [-0.2, 0) is 4.79 Å². The summed E-state index contributed by atoms with van der Waals surface area (Å²) in [6.45, 7) is 3.00. The quantitative estimate of drug-likeness (QED) is 0.789. The molecule has 3 nitrogen and oxygen atoms in total. The van der Waals surface area contributed by atoms with E-state index in [0.717, 1.165) is 12.5 Å². The summed E-state index contributed by atoms with van der Waals surface area (Å²) >= 11 is 0. The molecule has 3 heteroatoms. The summed E-state index contributed by atoms with van der Waals surface area (Å²) in [7, 11) is 0. The molecular weight excluding hydrogens is 224 g/mol. The van der Waals surface area contributed by atoms with Crippen LogP contribution in [0.15, 0.2) is 0 Å². The zero-order valence-electron chi connectivity index (χ0n) is 11.7. The van der Waals surface area contributed by atoms with Crippen molar-refractivity contribution in [3.05, 3.63) is 0 Å². The van der Waals surface area contributed by atoms with Crippen molar-refractivity contribution >= 4 is 5.91 Å². The summed E-state index contributed by atoms with van der Waals surface area (Å²) in [6.07, 6.45) is 12.0. The number of carbonyl (C=O) groups excluding carboxylic acids is 1. The van der Waals surface area contributed by atoms with Crippen molar-refractivity contribution in [2.45, 2.75) is 76.8 Å². The summed E-state index contributed by atoms with van der Waals surface area (Å²) < 4.78 is 0. The number of rotatable bonds is 5. The van der Waals surface area contributed by atoms with E-state index in [1.165, 1.54) is 57.8 Å². The summed E-state index contributed by atoms with van der Waals surface area (Å²) in [5.41, 5.74) is 0. The summed E-state index contributed by atoms with van der Waals surface area (Å²) in [4.78, 5) is 11.8. The average molecular weight is 252 g/mol. The molecule has 18 heavy (non-hydrogen) atoms. The van der Waals surface area contributed by atoms with E-state index >= 15 is 0 Å². The van der Waals surface area contributed by atoms with E-state index in [0.29, 0.717) is 6.04 Å². The third-order valence-electron chi connectivity index (χ3n) is 4.25. The number of hydrogen-bond donors (Lipinski definition) is 2. The number of carbonyl (C=O) groups is 1. The highest BCUT2D eigenvalue weighted by Crippen LogP contribution is 2.22. The normalized spacial score (nSPS) is 24.1. The molecule has 0 radical (unpaired) electrons. The highest BCUT2D eigenvalue weighted by molar-refractivity contribution is 5.81. The Labute approximate surface area is 111 Å². The molecule has 0 aromatic rings. The molecule has 0 aliphatic heterocycles. The first kappa shape index (κ1) is 13.9. The lowest BCUT2D eigenvalue weighted by Crippen LogP contribution is -2.44. The van der Waals surface area contributed by atoms with Crippen LogP contribution in [0.2, 0.25) is 0 Å². The number of nitrogens with one attached hydrogen (secondary N) is 2. The first-order valence-corrected chi connectivity index (χ1v) is 7.79. The van der Waals surface area contributed by atoms with Gasteiger partial charge in [-0.1, -0.05) is 32.1 Å². The summed E-state index contributed by atoms with van der Waals surface area (Å²) in [5.74, 6) is 0.963. The van der Waals surface area contributed by atoms with Crippen molar-refractivity contribution in [3.63, 3.8) is 0 Å². The first-order valence-electron chi connectivity index (χ1n) is 7.79. The molecule has 0 bridgehead atoms. The lowest BCUT2D eigenvalue weighted by Gasteiger charge is -2.22. The van der Waals surface area contributed by atoms with Gasteiger partial charge >= 0.3 is 0 Å². The van der Waals surface area contributed by atoms with Crippen molar-refractivity contribution in [2.75, 3.05) is 6.54 Å². The zero-order chi connectivity index (χ0) is 12.8. The average Bonchev–Trinajstić information content (AvgIpc) is 3.11. The van der Waals surface area contributed by atoms with Crippen LogP contribution in [0.4, 0.5) is 0 Å². The molecule has 2 aliphatic carbocycles. The van der Waals surface area contributed by atoms with Crippen LogP contribution < -0.4 is 10.6 Å². The van der Waals surface area contributed by atoms with Crippen LogP contribution in [0.25, 0.3) is 0 Å². The SMILES string of the molecule is CC(NCC1CCCCCCC1)C(=O)NC1CC1. The van der Waals surface area contributed by atoms with Gasteiger partial charge in [0.05, 0.1) is 6.04 Å². The molecule has 0 aromatic heterocycles. The zero-order valence-corrected chi connectivity index (χ0v) is 11.7. The molecule has 0 aromatic carbocycles. The Morgan fingerprint density at radius 2 is 1.67 bits per heavy atom. The van der Waals surface area contributed by atoms with E-state index in [-0.39, 0.29) is 11.9 Å². The van der Waals surface area contributed by atoms with Gasteiger partial charge in [0.1, 0.15) is 0 Å². The van der Waals surface area contributed by atoms with Crippen LogP contribution in [-0.4, -0.2) is 24.5 Å². The molecule has 2 rings (SSSR count). The molecule has 2 aliphatic rings. The highest BCUT2D eigenvalue weighted by Gasteiger charge is 2.25. The second-order valence-corrected chi connectivity index (χ2v) is 6.12. The molecular formula is C15H28N2O. The van der Waals surface area contributed by atoms with Crippen molar-refractivity contribution in [3.8, 4) is 0 Å². The minimum absolute atomic E-state index is 0.0314. The Morgan fingerprint density at radius 3 is 2.28 bits per heavy atom. The topological polar surface area (TPSA) is 41.1 Å². The Kier molecular flexibility index (Phi) is 5.48. The Balaban J connectivity index is 1.63. The van der Waals surface area contributed by atoms with Gasteiger partial charge in [-0.2, -0.15) is 0 Å². The van der Waals surface area contributed by atoms with Gasteiger partial charge in [-0.3, -0.25) is 4.79 Å². The molecule has 2 fully saturated rings. The van der Waals surface area contributed by atoms with Crippen LogP contribution in [0.3, 0.4) is 0 Å². The Hall–Kier alpha value is -0.570. The molecule has 1 atom stereocenters. The summed E-state index contributed by atoms with van der Waals surface area (Å²) in [6, 6.07) is 0.444. The van der Waals surface area contributed by atoms with Crippen molar-refractivity contribution < 1.29 is 4.79 Å². The van der Waals surface area contributed by atoms with Crippen LogP contribution in [0, 0.1) is 5.92 Å². The van der Waals surface area contributed by atoms with Gasteiger partial charge < -0.3 is 10.6 Å². The molecule has 0 spiro atoms. The predicted octanol–water partition coefficient (Wildman–Crippen LogP) is 2.60. The first-order chi connectivity index (χ1) is 8.75. The lowest BCUT2D eigenvalue weighted by atomic mass is 9.91. The molecule has 1 amide bonds. The van der Waals surface area contributed by atoms with Crippen molar-refractivity contribution in [1.82, 2.24) is 10.6 Å². The standard InChI is InChI=1S/C15H28N2O/c1-12(15(18)17-14-9-10-14)16-11-13-7-5-3-2-4-6-8-13/h12-14,16H,2-11H2,1H3,(H,17,18). The van der Waals surface area contributed by atoms with Crippen LogP contribution in [0.1, 0.15) is 64.7 Å². The van der Waals surface area contributed by atoms with Gasteiger partial charge in [0, 0.05) is 6.04 Å². The largest absolute Gasteiger partial charge is 0.352 e. The maximum atomic E-state index is 11.8. The third kappa shape index (κ3) is 4.97. The van der Waals surface area contributed by atoms with Crippen molar-refractivity contribution in [2.24, 2.45) is 5.92 Å². The van der Waals surface area contributed by atoms with Crippen LogP contribution >= 0.6 is 0 Å². The Bertz CT molecular complexity index is 255. The second kappa shape index (κ2) is 7.13. The minimum Gasteiger partial charge on any atom is -0.352 e. The van der Waals surface area contributed by atoms with Gasteiger partial charge in [-0.15, -0.1) is 0 Å². The van der Waals surface area contributed by atoms with E-state index < -0.39 is 0 Å². The van der Waals surface area contributed by atoms with Gasteiger partial charge in [-0.05, 0) is 45.1 Å². The minimum atomic E-state index is -0.0314. The van der Waals surface area contributed by atoms with E-state index in [9.17, 15) is 4.79 Å². The molecule has 104 valence electrons. The smallest absolute Gasteiger partial charge is 0.237 e. The van der Waals surface area contributed by atoms with Gasteiger partial charge in [0.15, 0.2) is 0 Å². The summed E-state index contributed by atoms with van der Waals surface area (Å²) in [5, 5.41) is 6.48. The molecule has 0 heterocycles. The van der Waals surface area contributed by atoms with Gasteiger partial charge in [0.2, 0.25) is 5.91 Å². The number of hydrogen-bond acceptors (Lipinski definition) is 2. The fourth-order valence-electron chi connectivity index (χ4n) is 2.73. The van der Waals surface area contributed by atoms with E-state index in [1.54, 1.807) is 0 Å².